The van der Waals surface area contributed by atoms with Crippen molar-refractivity contribution in [2.24, 2.45) is 0 Å². The summed E-state index contributed by atoms with van der Waals surface area (Å²) in [5.41, 5.74) is 0.922. The molecule has 2 aromatic rings. The van der Waals surface area contributed by atoms with E-state index >= 15 is 0 Å². The van der Waals surface area contributed by atoms with Gasteiger partial charge in [-0.2, -0.15) is 0 Å². The van der Waals surface area contributed by atoms with E-state index in [9.17, 15) is 0 Å². The van der Waals surface area contributed by atoms with Crippen molar-refractivity contribution in [3.8, 4) is 0 Å². The summed E-state index contributed by atoms with van der Waals surface area (Å²) in [7, 11) is 0. The second-order valence-corrected chi connectivity index (χ2v) is 6.28. The number of nitrogens with one attached hydrogen (secondary N) is 2. The van der Waals surface area contributed by atoms with Crippen molar-refractivity contribution >= 4 is 17.2 Å². The number of ether oxygens (including phenoxy) is 1. The highest BCUT2D eigenvalue weighted by Crippen LogP contribution is 2.23. The first-order chi connectivity index (χ1) is 10.7. The molecule has 118 valence electrons. The van der Waals surface area contributed by atoms with Crippen LogP contribution >= 0.6 is 11.3 Å². The van der Waals surface area contributed by atoms with Gasteiger partial charge in [-0.1, -0.05) is 11.3 Å². The predicted octanol–water partition coefficient (Wildman–Crippen LogP) is 1.47. The lowest BCUT2D eigenvalue weighted by atomic mass is 10.1. The third-order valence-corrected chi connectivity index (χ3v) is 4.46. The van der Waals surface area contributed by atoms with Gasteiger partial charge in [0.2, 0.25) is 0 Å². The zero-order valence-electron chi connectivity index (χ0n) is 12.8. The van der Waals surface area contributed by atoms with Crippen LogP contribution in [0.2, 0.25) is 0 Å². The van der Waals surface area contributed by atoms with Crippen LogP contribution in [0.3, 0.4) is 0 Å². The van der Waals surface area contributed by atoms with Gasteiger partial charge in [-0.25, -0.2) is 9.97 Å². The van der Waals surface area contributed by atoms with Crippen molar-refractivity contribution in [2.45, 2.75) is 32.9 Å². The van der Waals surface area contributed by atoms with E-state index in [-0.39, 0.29) is 0 Å². The molecule has 1 saturated heterocycles. The van der Waals surface area contributed by atoms with Gasteiger partial charge in [0.15, 0.2) is 5.82 Å². The van der Waals surface area contributed by atoms with Crippen LogP contribution in [0.25, 0.3) is 0 Å². The van der Waals surface area contributed by atoms with E-state index in [1.807, 2.05) is 19.9 Å². The fourth-order valence-corrected chi connectivity index (χ4v) is 2.99. The maximum atomic E-state index is 5.36. The molecule has 0 bridgehead atoms. The molecular weight excluding hydrogens is 300 g/mol. The molecule has 3 heterocycles. The molecular formula is C14H20N6OS. The summed E-state index contributed by atoms with van der Waals surface area (Å²) in [5.74, 6) is 2.03. The highest BCUT2D eigenvalue weighted by molar-refractivity contribution is 7.11. The van der Waals surface area contributed by atoms with Gasteiger partial charge in [-0.3, -0.25) is 0 Å². The van der Waals surface area contributed by atoms with E-state index in [1.165, 1.54) is 0 Å². The molecule has 3 rings (SSSR count). The Morgan fingerprint density at radius 3 is 2.95 bits per heavy atom. The normalized spacial score (nSPS) is 14.8. The largest absolute Gasteiger partial charge is 0.374 e. The minimum atomic E-state index is 0.435. The molecule has 1 fully saturated rings. The standard InChI is InChI=1S/C14H20N6OS/c1-3-21-8-12-17-9(2)4-11(18-12)16-7-13-19-20-14(22-13)10-5-15-6-10/h4,10,15H,3,5-8H2,1-2H3,(H,16,17,18). The third kappa shape index (κ3) is 3.76. The Morgan fingerprint density at radius 2 is 2.23 bits per heavy atom. The molecule has 0 radical (unpaired) electrons. The van der Waals surface area contributed by atoms with Crippen LogP contribution in [-0.4, -0.2) is 39.9 Å². The Hall–Kier alpha value is -1.64. The van der Waals surface area contributed by atoms with Crippen LogP contribution in [0, 0.1) is 6.92 Å². The molecule has 0 atom stereocenters. The minimum absolute atomic E-state index is 0.435. The number of rotatable bonds is 7. The summed E-state index contributed by atoms with van der Waals surface area (Å²) in [4.78, 5) is 8.82. The van der Waals surface area contributed by atoms with E-state index in [2.05, 4.69) is 30.8 Å². The first-order valence-corrected chi connectivity index (χ1v) is 8.25. The van der Waals surface area contributed by atoms with Crippen molar-refractivity contribution < 1.29 is 4.74 Å². The van der Waals surface area contributed by atoms with E-state index in [0.717, 1.165) is 34.6 Å². The van der Waals surface area contributed by atoms with E-state index in [0.29, 0.717) is 31.5 Å². The predicted molar refractivity (Wildman–Crippen MR) is 84.9 cm³/mol. The van der Waals surface area contributed by atoms with Gasteiger partial charge in [-0.15, -0.1) is 10.2 Å². The van der Waals surface area contributed by atoms with Crippen molar-refractivity contribution in [2.75, 3.05) is 25.0 Å². The third-order valence-electron chi connectivity index (χ3n) is 3.37. The number of aryl methyl sites for hydroxylation is 1. The van der Waals surface area contributed by atoms with Crippen molar-refractivity contribution in [3.63, 3.8) is 0 Å². The summed E-state index contributed by atoms with van der Waals surface area (Å²) >= 11 is 1.67. The van der Waals surface area contributed by atoms with Gasteiger partial charge in [0.1, 0.15) is 22.4 Å². The highest BCUT2D eigenvalue weighted by atomic mass is 32.1. The fourth-order valence-electron chi connectivity index (χ4n) is 2.11. The van der Waals surface area contributed by atoms with Gasteiger partial charge in [0.05, 0.1) is 6.54 Å². The molecule has 0 amide bonds. The monoisotopic (exact) mass is 320 g/mol. The van der Waals surface area contributed by atoms with Gasteiger partial charge < -0.3 is 15.4 Å². The Morgan fingerprint density at radius 1 is 1.36 bits per heavy atom. The zero-order valence-corrected chi connectivity index (χ0v) is 13.6. The average molecular weight is 320 g/mol. The molecule has 22 heavy (non-hydrogen) atoms. The topological polar surface area (TPSA) is 84.8 Å². The molecule has 8 heteroatoms. The van der Waals surface area contributed by atoms with Gasteiger partial charge in [0, 0.05) is 37.4 Å². The fraction of sp³-hybridized carbons (Fsp3) is 0.571. The summed E-state index contributed by atoms with van der Waals surface area (Å²) in [6, 6.07) is 1.92. The Kier molecular flexibility index (Phi) is 4.91. The molecule has 0 unspecified atom stereocenters. The molecule has 1 aliphatic heterocycles. The molecule has 1 aliphatic rings. The number of aromatic nitrogens is 4. The summed E-state index contributed by atoms with van der Waals surface area (Å²) in [5, 5.41) is 17.1. The molecule has 0 aliphatic carbocycles. The lowest BCUT2D eigenvalue weighted by Gasteiger charge is -2.23. The van der Waals surface area contributed by atoms with E-state index in [1.54, 1.807) is 11.3 Å². The van der Waals surface area contributed by atoms with Crippen LogP contribution in [-0.2, 0) is 17.9 Å². The van der Waals surface area contributed by atoms with Crippen LogP contribution < -0.4 is 10.6 Å². The Labute approximate surface area is 133 Å². The highest BCUT2D eigenvalue weighted by Gasteiger charge is 2.22. The first kappa shape index (κ1) is 15.3. The second kappa shape index (κ2) is 7.08. The Balaban J connectivity index is 1.60. The maximum absolute atomic E-state index is 5.36. The van der Waals surface area contributed by atoms with Crippen molar-refractivity contribution in [1.82, 2.24) is 25.5 Å². The minimum Gasteiger partial charge on any atom is -0.374 e. The quantitative estimate of drug-likeness (QED) is 0.799. The molecule has 2 aromatic heterocycles. The average Bonchev–Trinajstić information content (AvgIpc) is 2.89. The van der Waals surface area contributed by atoms with Crippen LogP contribution in [0.1, 0.15) is 34.4 Å². The molecule has 0 saturated carbocycles. The van der Waals surface area contributed by atoms with Crippen molar-refractivity contribution in [1.29, 1.82) is 0 Å². The molecule has 2 N–H and O–H groups in total. The lowest BCUT2D eigenvalue weighted by Crippen LogP contribution is -2.39. The van der Waals surface area contributed by atoms with Gasteiger partial charge in [0.25, 0.3) is 0 Å². The van der Waals surface area contributed by atoms with Crippen molar-refractivity contribution in [3.05, 3.63) is 27.6 Å². The summed E-state index contributed by atoms with van der Waals surface area (Å²) < 4.78 is 5.36. The summed E-state index contributed by atoms with van der Waals surface area (Å²) in [6.45, 7) is 7.65. The molecule has 7 nitrogen and oxygen atoms in total. The summed E-state index contributed by atoms with van der Waals surface area (Å²) in [6.07, 6.45) is 0. The number of hydrogen-bond acceptors (Lipinski definition) is 8. The number of anilines is 1. The first-order valence-electron chi connectivity index (χ1n) is 7.43. The van der Waals surface area contributed by atoms with E-state index in [4.69, 9.17) is 4.74 Å². The lowest BCUT2D eigenvalue weighted by molar-refractivity contribution is 0.128. The van der Waals surface area contributed by atoms with Crippen LogP contribution in [0.5, 0.6) is 0 Å². The molecule has 0 spiro atoms. The Bertz CT molecular complexity index is 628. The van der Waals surface area contributed by atoms with Gasteiger partial charge >= 0.3 is 0 Å². The van der Waals surface area contributed by atoms with E-state index < -0.39 is 0 Å². The van der Waals surface area contributed by atoms with Crippen LogP contribution in [0.4, 0.5) is 5.82 Å². The van der Waals surface area contributed by atoms with Crippen LogP contribution in [0.15, 0.2) is 6.07 Å². The SMILES string of the molecule is CCOCc1nc(C)cc(NCc2nnc(C3CNC3)s2)n1. The number of hydrogen-bond donors (Lipinski definition) is 2. The second-order valence-electron chi connectivity index (χ2n) is 5.19. The maximum Gasteiger partial charge on any atom is 0.156 e. The van der Waals surface area contributed by atoms with Gasteiger partial charge in [-0.05, 0) is 13.8 Å². The zero-order chi connectivity index (χ0) is 15.4. The molecule has 0 aromatic carbocycles. The smallest absolute Gasteiger partial charge is 0.156 e. The number of nitrogens with zero attached hydrogens (tertiary/aromatic N) is 4.